The van der Waals surface area contributed by atoms with Gasteiger partial charge in [0.25, 0.3) is 5.91 Å². The minimum Gasteiger partial charge on any atom is -0.487 e. The summed E-state index contributed by atoms with van der Waals surface area (Å²) in [6.07, 6.45) is 5.13. The Kier molecular flexibility index (Phi) is 5.53. The second-order valence-corrected chi connectivity index (χ2v) is 7.03. The summed E-state index contributed by atoms with van der Waals surface area (Å²) in [6, 6.07) is 8.67. The van der Waals surface area contributed by atoms with Crippen LogP contribution in [-0.4, -0.2) is 38.3 Å². The number of carbonyl (C=O) groups excluding carboxylic acids is 1. The van der Waals surface area contributed by atoms with Gasteiger partial charge >= 0.3 is 0 Å². The van der Waals surface area contributed by atoms with Gasteiger partial charge in [0.1, 0.15) is 29.5 Å². The van der Waals surface area contributed by atoms with Crippen molar-refractivity contribution >= 4 is 5.91 Å². The molecule has 0 aromatic carbocycles. The summed E-state index contributed by atoms with van der Waals surface area (Å²) in [6.45, 7) is 2.06. The molecule has 2 atom stereocenters. The number of aromatic nitrogens is 3. The molecule has 2 N–H and O–H groups in total. The van der Waals surface area contributed by atoms with Crippen LogP contribution in [0, 0.1) is 6.92 Å². The number of nitrogens with one attached hydrogen (secondary N) is 1. The summed E-state index contributed by atoms with van der Waals surface area (Å²) in [4.78, 5) is 20.8. The van der Waals surface area contributed by atoms with Gasteiger partial charge < -0.3 is 19.7 Å². The van der Waals surface area contributed by atoms with Crippen LogP contribution in [0.3, 0.4) is 0 Å². The molecule has 0 bridgehead atoms. The highest BCUT2D eigenvalue weighted by Crippen LogP contribution is 2.25. The van der Waals surface area contributed by atoms with E-state index in [0.717, 1.165) is 18.4 Å². The maximum absolute atomic E-state index is 12.3. The number of aliphatic hydroxyl groups excluding tert-OH is 1. The predicted octanol–water partition coefficient (Wildman–Crippen LogP) is 2.66. The molecule has 8 nitrogen and oxygen atoms in total. The Hall–Kier alpha value is -3.26. The summed E-state index contributed by atoms with van der Waals surface area (Å²) in [5.41, 5.74) is 2.44. The van der Waals surface area contributed by atoms with Crippen LogP contribution >= 0.6 is 0 Å². The van der Waals surface area contributed by atoms with Crippen molar-refractivity contribution in [3.05, 3.63) is 59.7 Å². The normalized spacial score (nSPS) is 18.6. The zero-order chi connectivity index (χ0) is 20.2. The van der Waals surface area contributed by atoms with E-state index in [0.29, 0.717) is 29.3 Å². The minimum atomic E-state index is -0.485. The Morgan fingerprint density at radius 3 is 2.86 bits per heavy atom. The number of rotatable bonds is 6. The smallest absolute Gasteiger partial charge is 0.270 e. The van der Waals surface area contributed by atoms with Crippen LogP contribution in [0.25, 0.3) is 11.4 Å². The van der Waals surface area contributed by atoms with Gasteiger partial charge in [-0.25, -0.2) is 4.98 Å². The number of amides is 1. The van der Waals surface area contributed by atoms with E-state index in [1.54, 1.807) is 18.3 Å². The summed E-state index contributed by atoms with van der Waals surface area (Å²) >= 11 is 0. The maximum Gasteiger partial charge on any atom is 0.270 e. The zero-order valence-electron chi connectivity index (χ0n) is 16.0. The number of nitrogens with zero attached hydrogens (tertiary/aromatic N) is 3. The van der Waals surface area contributed by atoms with Crippen LogP contribution in [0.2, 0.25) is 0 Å². The first-order valence-electron chi connectivity index (χ1n) is 9.56. The van der Waals surface area contributed by atoms with Crippen LogP contribution in [0.5, 0.6) is 5.75 Å². The van der Waals surface area contributed by atoms with Crippen LogP contribution in [0.4, 0.5) is 0 Å². The highest BCUT2D eigenvalue weighted by Gasteiger charge is 2.27. The number of hydrogen-bond acceptors (Lipinski definition) is 7. The van der Waals surface area contributed by atoms with Crippen LogP contribution in [0.15, 0.2) is 47.2 Å². The Bertz CT molecular complexity index is 972. The molecule has 3 heterocycles. The summed E-state index contributed by atoms with van der Waals surface area (Å²) < 4.78 is 11.1. The van der Waals surface area contributed by atoms with E-state index in [1.165, 1.54) is 6.20 Å². The standard InChI is InChI=1S/C21H22N4O4/c1-13-15(20(25-29-13)17-5-2-3-10-22-17)12-28-14-8-9-18(23-11-14)21(27)24-16-6-4-7-19(16)26/h2-3,5,8-11,16,19,26H,4,6-7,12H2,1H3,(H,24,27). The van der Waals surface area contributed by atoms with Crippen molar-refractivity contribution in [2.45, 2.75) is 44.9 Å². The number of ether oxygens (including phenoxy) is 1. The molecule has 0 saturated heterocycles. The van der Waals surface area contributed by atoms with E-state index in [4.69, 9.17) is 9.26 Å². The second-order valence-electron chi connectivity index (χ2n) is 7.03. The molecule has 2 unspecified atom stereocenters. The summed E-state index contributed by atoms with van der Waals surface area (Å²) in [5.74, 6) is 0.884. The van der Waals surface area contributed by atoms with E-state index in [1.807, 2.05) is 25.1 Å². The molecule has 0 radical (unpaired) electrons. The largest absolute Gasteiger partial charge is 0.487 e. The van der Waals surface area contributed by atoms with E-state index in [-0.39, 0.29) is 24.2 Å². The molecule has 1 amide bonds. The lowest BCUT2D eigenvalue weighted by atomic mass is 10.1. The molecule has 8 heteroatoms. The second kappa shape index (κ2) is 8.40. The molecule has 1 aliphatic carbocycles. The topological polar surface area (TPSA) is 110 Å². The number of carbonyl (C=O) groups is 1. The predicted molar refractivity (Wildman–Crippen MR) is 104 cm³/mol. The lowest BCUT2D eigenvalue weighted by Crippen LogP contribution is -2.40. The summed E-state index contributed by atoms with van der Waals surface area (Å²) in [5, 5.41) is 16.8. The van der Waals surface area contributed by atoms with Crippen LogP contribution in [0.1, 0.15) is 41.1 Å². The van der Waals surface area contributed by atoms with Gasteiger partial charge in [-0.1, -0.05) is 11.2 Å². The van der Waals surface area contributed by atoms with Gasteiger partial charge in [0, 0.05) is 6.20 Å². The van der Waals surface area contributed by atoms with Gasteiger partial charge in [0.15, 0.2) is 0 Å². The molecule has 3 aromatic heterocycles. The molecule has 1 saturated carbocycles. The lowest BCUT2D eigenvalue weighted by Gasteiger charge is -2.16. The number of pyridine rings is 2. The summed E-state index contributed by atoms with van der Waals surface area (Å²) in [7, 11) is 0. The monoisotopic (exact) mass is 394 g/mol. The quantitative estimate of drug-likeness (QED) is 0.661. The van der Waals surface area contributed by atoms with Crippen molar-refractivity contribution in [2.75, 3.05) is 0 Å². The number of aliphatic hydroxyl groups is 1. The molecule has 29 heavy (non-hydrogen) atoms. The molecule has 150 valence electrons. The first-order valence-corrected chi connectivity index (χ1v) is 9.56. The van der Waals surface area contributed by atoms with Crippen LogP contribution in [-0.2, 0) is 6.61 Å². The van der Waals surface area contributed by atoms with Gasteiger partial charge in [-0.2, -0.15) is 0 Å². The first-order chi connectivity index (χ1) is 14.1. The van der Waals surface area contributed by atoms with E-state index in [2.05, 4.69) is 20.4 Å². The average molecular weight is 394 g/mol. The van der Waals surface area contributed by atoms with Crippen LogP contribution < -0.4 is 10.1 Å². The molecule has 0 aliphatic heterocycles. The Balaban J connectivity index is 1.40. The van der Waals surface area contributed by atoms with Gasteiger partial charge in [-0.3, -0.25) is 9.78 Å². The highest BCUT2D eigenvalue weighted by atomic mass is 16.5. The average Bonchev–Trinajstić information content (AvgIpc) is 3.32. The fourth-order valence-electron chi connectivity index (χ4n) is 3.37. The van der Waals surface area contributed by atoms with Crippen molar-refractivity contribution in [1.82, 2.24) is 20.4 Å². The third-order valence-corrected chi connectivity index (χ3v) is 5.04. The fourth-order valence-corrected chi connectivity index (χ4v) is 3.37. The van der Waals surface area contributed by atoms with Crippen molar-refractivity contribution < 1.29 is 19.2 Å². The maximum atomic E-state index is 12.3. The van der Waals surface area contributed by atoms with Crippen molar-refractivity contribution in [2.24, 2.45) is 0 Å². The molecule has 1 fully saturated rings. The van der Waals surface area contributed by atoms with Gasteiger partial charge in [0.05, 0.1) is 29.6 Å². The lowest BCUT2D eigenvalue weighted by molar-refractivity contribution is 0.0868. The van der Waals surface area contributed by atoms with E-state index in [9.17, 15) is 9.90 Å². The van der Waals surface area contributed by atoms with E-state index >= 15 is 0 Å². The minimum absolute atomic E-state index is 0.207. The third-order valence-electron chi connectivity index (χ3n) is 5.04. The van der Waals surface area contributed by atoms with Gasteiger partial charge in [0.2, 0.25) is 0 Å². The number of hydrogen-bond donors (Lipinski definition) is 2. The Labute approximate surface area is 167 Å². The molecule has 1 aliphatic rings. The Morgan fingerprint density at radius 1 is 1.28 bits per heavy atom. The first kappa shape index (κ1) is 19.1. The Morgan fingerprint density at radius 2 is 2.17 bits per heavy atom. The molecular formula is C21H22N4O4. The number of aryl methyl sites for hydroxylation is 1. The SMILES string of the molecule is Cc1onc(-c2ccccn2)c1COc1ccc(C(=O)NC2CCCC2O)nc1. The van der Waals surface area contributed by atoms with Gasteiger partial charge in [-0.15, -0.1) is 0 Å². The molecule has 3 aromatic rings. The zero-order valence-corrected chi connectivity index (χ0v) is 16.0. The molecule has 4 rings (SSSR count). The van der Waals surface area contributed by atoms with Crippen molar-refractivity contribution in [1.29, 1.82) is 0 Å². The van der Waals surface area contributed by atoms with Crippen molar-refractivity contribution in [3.8, 4) is 17.1 Å². The molecule has 0 spiro atoms. The van der Waals surface area contributed by atoms with E-state index < -0.39 is 6.10 Å². The van der Waals surface area contributed by atoms with Gasteiger partial charge in [-0.05, 0) is 50.5 Å². The highest BCUT2D eigenvalue weighted by molar-refractivity contribution is 5.92. The van der Waals surface area contributed by atoms with Crippen molar-refractivity contribution in [3.63, 3.8) is 0 Å². The third kappa shape index (κ3) is 4.27. The fraction of sp³-hybridized carbons (Fsp3) is 0.333. The molecular weight excluding hydrogens is 372 g/mol.